The Morgan fingerprint density at radius 2 is 1.78 bits per heavy atom. The molecule has 0 aliphatic heterocycles. The van der Waals surface area contributed by atoms with Crippen LogP contribution in [0.2, 0.25) is 0 Å². The highest BCUT2D eigenvalue weighted by molar-refractivity contribution is 7.89. The van der Waals surface area contributed by atoms with Crippen molar-refractivity contribution in [2.24, 2.45) is 5.14 Å². The lowest BCUT2D eigenvalue weighted by Crippen LogP contribution is -2.11. The number of fused-ring (bicyclic) bond motifs is 1. The summed E-state index contributed by atoms with van der Waals surface area (Å²) in [6.07, 6.45) is 7.00. The number of aromatic nitrogens is 4. The molecule has 0 radical (unpaired) electrons. The first-order chi connectivity index (χ1) is 13.0. The molecule has 3 heterocycles. The summed E-state index contributed by atoms with van der Waals surface area (Å²) in [5.74, 6) is 0.710. The second-order valence-electron chi connectivity index (χ2n) is 5.92. The molecule has 0 aliphatic rings. The Balaban J connectivity index is 1.64. The Bertz CT molecular complexity index is 1190. The van der Waals surface area contributed by atoms with Crippen LogP contribution in [0.5, 0.6) is 0 Å². The molecule has 8 nitrogen and oxygen atoms in total. The van der Waals surface area contributed by atoms with Crippen LogP contribution in [0.4, 0.5) is 5.82 Å². The first kappa shape index (κ1) is 17.1. The van der Waals surface area contributed by atoms with E-state index < -0.39 is 10.0 Å². The lowest BCUT2D eigenvalue weighted by atomic mass is 10.1. The Hall–Kier alpha value is -3.30. The number of sulfonamides is 1. The highest BCUT2D eigenvalue weighted by Gasteiger charge is 2.12. The third-order valence-corrected chi connectivity index (χ3v) is 5.02. The van der Waals surface area contributed by atoms with Crippen molar-refractivity contribution in [3.05, 3.63) is 72.8 Å². The number of pyridine rings is 1. The van der Waals surface area contributed by atoms with Gasteiger partial charge in [-0.3, -0.25) is 4.98 Å². The number of anilines is 1. The zero-order valence-corrected chi connectivity index (χ0v) is 15.0. The largest absolute Gasteiger partial charge is 0.366 e. The van der Waals surface area contributed by atoms with Crippen LogP contribution in [0.3, 0.4) is 0 Å². The SMILES string of the molecule is NS(=O)(=O)c1ccc(-c2cnn3ccc(NCc4ccncc4)nc23)cc1. The summed E-state index contributed by atoms with van der Waals surface area (Å²) in [7, 11) is -3.72. The third-order valence-electron chi connectivity index (χ3n) is 4.09. The standard InChI is InChI=1S/C18H16N6O2S/c19-27(25,26)15-3-1-14(2-4-15)16-12-22-24-10-7-17(23-18(16)24)21-11-13-5-8-20-9-6-13/h1-10,12H,11H2,(H,21,23)(H2,19,25,26). The van der Waals surface area contributed by atoms with Gasteiger partial charge in [0, 0.05) is 30.7 Å². The van der Waals surface area contributed by atoms with Crippen molar-refractivity contribution >= 4 is 21.5 Å². The van der Waals surface area contributed by atoms with E-state index in [4.69, 9.17) is 5.14 Å². The molecular formula is C18H16N6O2S. The molecule has 4 rings (SSSR count). The van der Waals surface area contributed by atoms with Crippen molar-refractivity contribution in [3.63, 3.8) is 0 Å². The number of nitrogens with two attached hydrogens (primary N) is 1. The van der Waals surface area contributed by atoms with Gasteiger partial charge in [0.2, 0.25) is 10.0 Å². The van der Waals surface area contributed by atoms with E-state index in [9.17, 15) is 8.42 Å². The minimum Gasteiger partial charge on any atom is -0.366 e. The molecule has 136 valence electrons. The molecule has 0 fully saturated rings. The Labute approximate surface area is 155 Å². The lowest BCUT2D eigenvalue weighted by Gasteiger charge is -2.07. The second-order valence-corrected chi connectivity index (χ2v) is 7.48. The smallest absolute Gasteiger partial charge is 0.238 e. The molecule has 1 aromatic carbocycles. The van der Waals surface area contributed by atoms with Crippen molar-refractivity contribution < 1.29 is 8.42 Å². The molecule has 3 aromatic heterocycles. The second kappa shape index (κ2) is 6.78. The predicted octanol–water partition coefficient (Wildman–Crippen LogP) is 2.05. The molecule has 0 saturated heterocycles. The van der Waals surface area contributed by atoms with Gasteiger partial charge in [-0.05, 0) is 41.5 Å². The van der Waals surface area contributed by atoms with Crippen LogP contribution in [-0.2, 0) is 16.6 Å². The summed E-state index contributed by atoms with van der Waals surface area (Å²) in [6.45, 7) is 0.623. The van der Waals surface area contributed by atoms with Crippen LogP contribution in [0.15, 0.2) is 72.1 Å². The molecule has 0 amide bonds. The van der Waals surface area contributed by atoms with Gasteiger partial charge in [0.15, 0.2) is 5.65 Å². The summed E-state index contributed by atoms with van der Waals surface area (Å²) < 4.78 is 24.5. The third kappa shape index (κ3) is 3.64. The van der Waals surface area contributed by atoms with Crippen LogP contribution < -0.4 is 10.5 Å². The van der Waals surface area contributed by atoms with Gasteiger partial charge in [0.1, 0.15) is 5.82 Å². The van der Waals surface area contributed by atoms with Crippen LogP contribution in [0.1, 0.15) is 5.56 Å². The fraction of sp³-hybridized carbons (Fsp3) is 0.0556. The normalized spacial score (nSPS) is 11.6. The van der Waals surface area contributed by atoms with E-state index in [0.717, 1.165) is 16.7 Å². The molecule has 0 saturated carbocycles. The Kier molecular flexibility index (Phi) is 4.30. The van der Waals surface area contributed by atoms with E-state index in [1.807, 2.05) is 24.4 Å². The number of nitrogens with zero attached hydrogens (tertiary/aromatic N) is 4. The van der Waals surface area contributed by atoms with Crippen molar-refractivity contribution in [1.82, 2.24) is 19.6 Å². The van der Waals surface area contributed by atoms with Gasteiger partial charge in [-0.2, -0.15) is 5.10 Å². The van der Waals surface area contributed by atoms with Crippen LogP contribution in [-0.4, -0.2) is 28.0 Å². The van der Waals surface area contributed by atoms with Gasteiger partial charge in [0.25, 0.3) is 0 Å². The Morgan fingerprint density at radius 1 is 1.04 bits per heavy atom. The first-order valence-electron chi connectivity index (χ1n) is 8.11. The minimum atomic E-state index is -3.72. The molecule has 9 heteroatoms. The molecule has 0 unspecified atom stereocenters. The summed E-state index contributed by atoms with van der Waals surface area (Å²) in [5, 5.41) is 12.7. The molecule has 3 N–H and O–H groups in total. The van der Waals surface area contributed by atoms with Gasteiger partial charge in [-0.25, -0.2) is 23.1 Å². The van der Waals surface area contributed by atoms with Gasteiger partial charge in [0.05, 0.1) is 11.1 Å². The summed E-state index contributed by atoms with van der Waals surface area (Å²) in [5.41, 5.74) is 3.36. The number of primary sulfonamides is 1. The number of benzene rings is 1. The van der Waals surface area contributed by atoms with E-state index in [0.29, 0.717) is 18.0 Å². The zero-order chi connectivity index (χ0) is 18.9. The first-order valence-corrected chi connectivity index (χ1v) is 9.66. The zero-order valence-electron chi connectivity index (χ0n) is 14.1. The van der Waals surface area contributed by atoms with Crippen molar-refractivity contribution in [3.8, 4) is 11.1 Å². The molecule has 4 aromatic rings. The van der Waals surface area contributed by atoms with Crippen LogP contribution in [0, 0.1) is 0 Å². The van der Waals surface area contributed by atoms with Crippen molar-refractivity contribution in [1.29, 1.82) is 0 Å². The number of hydrogen-bond acceptors (Lipinski definition) is 6. The van der Waals surface area contributed by atoms with E-state index in [1.54, 1.807) is 35.2 Å². The molecule has 0 bridgehead atoms. The maximum absolute atomic E-state index is 11.4. The highest BCUT2D eigenvalue weighted by atomic mass is 32.2. The van der Waals surface area contributed by atoms with Crippen molar-refractivity contribution in [2.45, 2.75) is 11.4 Å². The van der Waals surface area contributed by atoms with Crippen LogP contribution >= 0.6 is 0 Å². The minimum absolute atomic E-state index is 0.0652. The van der Waals surface area contributed by atoms with E-state index in [-0.39, 0.29) is 4.90 Å². The molecular weight excluding hydrogens is 364 g/mol. The fourth-order valence-electron chi connectivity index (χ4n) is 2.69. The highest BCUT2D eigenvalue weighted by Crippen LogP contribution is 2.25. The van der Waals surface area contributed by atoms with Gasteiger partial charge < -0.3 is 5.32 Å². The predicted molar refractivity (Wildman–Crippen MR) is 101 cm³/mol. The van der Waals surface area contributed by atoms with E-state index >= 15 is 0 Å². The molecule has 27 heavy (non-hydrogen) atoms. The van der Waals surface area contributed by atoms with E-state index in [2.05, 4.69) is 20.4 Å². The van der Waals surface area contributed by atoms with Crippen LogP contribution in [0.25, 0.3) is 16.8 Å². The summed E-state index contributed by atoms with van der Waals surface area (Å²) in [4.78, 5) is 8.69. The fourth-order valence-corrected chi connectivity index (χ4v) is 3.20. The van der Waals surface area contributed by atoms with Gasteiger partial charge >= 0.3 is 0 Å². The Morgan fingerprint density at radius 3 is 2.48 bits per heavy atom. The maximum Gasteiger partial charge on any atom is 0.238 e. The number of rotatable bonds is 5. The summed E-state index contributed by atoms with van der Waals surface area (Å²) >= 11 is 0. The molecule has 0 spiro atoms. The summed E-state index contributed by atoms with van der Waals surface area (Å²) in [6, 6.07) is 12.0. The average molecular weight is 380 g/mol. The van der Waals surface area contributed by atoms with Crippen molar-refractivity contribution in [2.75, 3.05) is 5.32 Å². The van der Waals surface area contributed by atoms with Gasteiger partial charge in [-0.1, -0.05) is 12.1 Å². The monoisotopic (exact) mass is 380 g/mol. The quantitative estimate of drug-likeness (QED) is 0.547. The lowest BCUT2D eigenvalue weighted by molar-refractivity contribution is 0.598. The van der Waals surface area contributed by atoms with E-state index in [1.165, 1.54) is 12.1 Å². The van der Waals surface area contributed by atoms with Gasteiger partial charge in [-0.15, -0.1) is 0 Å². The molecule has 0 aliphatic carbocycles. The average Bonchev–Trinajstić information content (AvgIpc) is 3.10. The maximum atomic E-state index is 11.4. The number of hydrogen-bond donors (Lipinski definition) is 2. The topological polar surface area (TPSA) is 115 Å². The molecule has 0 atom stereocenters. The number of nitrogens with one attached hydrogen (secondary N) is 1.